The zero-order chi connectivity index (χ0) is 17.6. The van der Waals surface area contributed by atoms with Gasteiger partial charge in [-0.3, -0.25) is 4.79 Å². The molecule has 25 heavy (non-hydrogen) atoms. The topological polar surface area (TPSA) is 20.3 Å². The van der Waals surface area contributed by atoms with E-state index < -0.39 is 0 Å². The van der Waals surface area contributed by atoms with Crippen LogP contribution in [0.15, 0.2) is 66.2 Å². The summed E-state index contributed by atoms with van der Waals surface area (Å²) in [6.45, 7) is 7.05. The van der Waals surface area contributed by atoms with E-state index in [1.807, 2.05) is 35.2 Å². The van der Waals surface area contributed by atoms with Crippen LogP contribution in [0.3, 0.4) is 0 Å². The number of benzene rings is 2. The number of carbonyl (C=O) groups excluding carboxylic acids is 1. The van der Waals surface area contributed by atoms with Gasteiger partial charge >= 0.3 is 0 Å². The number of nitrogens with zero attached hydrogens (tertiary/aromatic N) is 1. The van der Waals surface area contributed by atoms with Crippen LogP contribution in [0.4, 0.5) is 0 Å². The first-order chi connectivity index (χ1) is 12.0. The van der Waals surface area contributed by atoms with Gasteiger partial charge in [0.1, 0.15) is 0 Å². The number of fused-ring (bicyclic) bond motifs is 1. The maximum atomic E-state index is 13.2. The van der Waals surface area contributed by atoms with Crippen LogP contribution < -0.4 is 0 Å². The second-order valence-electron chi connectivity index (χ2n) is 7.12. The number of hydrogen-bond acceptors (Lipinski definition) is 2. The van der Waals surface area contributed by atoms with Crippen LogP contribution in [-0.2, 0) is 10.3 Å². The van der Waals surface area contributed by atoms with Crippen molar-refractivity contribution < 1.29 is 4.79 Å². The fourth-order valence-electron chi connectivity index (χ4n) is 3.55. The lowest BCUT2D eigenvalue weighted by atomic mass is 9.99. The second kappa shape index (κ2) is 5.85. The van der Waals surface area contributed by atoms with Crippen molar-refractivity contribution in [3.63, 3.8) is 0 Å². The molecule has 4 rings (SSSR count). The third-order valence-electron chi connectivity index (χ3n) is 5.05. The van der Waals surface area contributed by atoms with E-state index in [-0.39, 0.29) is 11.4 Å². The zero-order valence-electron chi connectivity index (χ0n) is 14.7. The van der Waals surface area contributed by atoms with E-state index in [0.29, 0.717) is 6.54 Å². The van der Waals surface area contributed by atoms with Crippen LogP contribution in [0.1, 0.15) is 31.2 Å². The Morgan fingerprint density at radius 3 is 2.40 bits per heavy atom. The highest BCUT2D eigenvalue weighted by Crippen LogP contribution is 2.41. The highest BCUT2D eigenvalue weighted by Gasteiger charge is 2.40. The number of hydrogen-bond donors (Lipinski definition) is 0. The Morgan fingerprint density at radius 1 is 1.00 bits per heavy atom. The SMILES string of the molecule is CC1=C(c2ccccc2)C(=O)N(C(C)(C)c2cc3ccccc3s2)C1. The summed E-state index contributed by atoms with van der Waals surface area (Å²) in [6.07, 6.45) is 0. The quantitative estimate of drug-likeness (QED) is 0.617. The third kappa shape index (κ3) is 2.59. The summed E-state index contributed by atoms with van der Waals surface area (Å²) in [5.74, 6) is 0.131. The Bertz CT molecular complexity index is 948. The van der Waals surface area contributed by atoms with E-state index in [1.165, 1.54) is 15.0 Å². The van der Waals surface area contributed by atoms with Crippen molar-refractivity contribution in [3.05, 3.63) is 76.7 Å². The summed E-state index contributed by atoms with van der Waals surface area (Å²) in [5, 5.41) is 1.25. The molecule has 2 heterocycles. The normalized spacial score (nSPS) is 15.5. The highest BCUT2D eigenvalue weighted by molar-refractivity contribution is 7.19. The molecule has 1 aliphatic heterocycles. The Balaban J connectivity index is 1.71. The lowest BCUT2D eigenvalue weighted by Gasteiger charge is -2.35. The lowest BCUT2D eigenvalue weighted by Crippen LogP contribution is -2.42. The van der Waals surface area contributed by atoms with Crippen molar-refractivity contribution in [1.29, 1.82) is 0 Å². The Morgan fingerprint density at radius 2 is 1.68 bits per heavy atom. The zero-order valence-corrected chi connectivity index (χ0v) is 15.6. The summed E-state index contributed by atoms with van der Waals surface area (Å²) in [6, 6.07) is 20.6. The Labute approximate surface area is 152 Å². The van der Waals surface area contributed by atoms with Crippen molar-refractivity contribution in [2.45, 2.75) is 26.3 Å². The molecule has 1 aromatic heterocycles. The molecule has 0 radical (unpaired) electrons. The molecule has 0 aliphatic carbocycles. The molecule has 1 aliphatic rings. The van der Waals surface area contributed by atoms with Crippen LogP contribution in [0.25, 0.3) is 15.7 Å². The van der Waals surface area contributed by atoms with Gasteiger partial charge in [-0.15, -0.1) is 11.3 Å². The van der Waals surface area contributed by atoms with E-state index in [0.717, 1.165) is 16.7 Å². The van der Waals surface area contributed by atoms with Crippen LogP contribution >= 0.6 is 11.3 Å². The second-order valence-corrected chi connectivity index (χ2v) is 8.20. The molecule has 1 amide bonds. The van der Waals surface area contributed by atoms with E-state index in [4.69, 9.17) is 0 Å². The fraction of sp³-hybridized carbons (Fsp3) is 0.227. The van der Waals surface area contributed by atoms with Crippen LogP contribution in [-0.4, -0.2) is 17.4 Å². The Kier molecular flexibility index (Phi) is 3.77. The van der Waals surface area contributed by atoms with Gasteiger partial charge < -0.3 is 4.90 Å². The minimum Gasteiger partial charge on any atom is -0.325 e. The van der Waals surface area contributed by atoms with Gasteiger partial charge in [-0.25, -0.2) is 0 Å². The van der Waals surface area contributed by atoms with Crippen molar-refractivity contribution in [1.82, 2.24) is 4.90 Å². The number of carbonyl (C=O) groups is 1. The average molecular weight is 347 g/mol. The molecule has 2 nitrogen and oxygen atoms in total. The molecule has 0 saturated heterocycles. The summed E-state index contributed by atoms with van der Waals surface area (Å²) in [7, 11) is 0. The van der Waals surface area contributed by atoms with Gasteiger partial charge in [0.25, 0.3) is 5.91 Å². The van der Waals surface area contributed by atoms with Gasteiger partial charge in [0.05, 0.1) is 5.54 Å². The van der Waals surface area contributed by atoms with E-state index in [1.54, 1.807) is 11.3 Å². The van der Waals surface area contributed by atoms with Crippen LogP contribution in [0.5, 0.6) is 0 Å². The largest absolute Gasteiger partial charge is 0.325 e. The van der Waals surface area contributed by atoms with Crippen LogP contribution in [0, 0.1) is 0 Å². The molecule has 0 fully saturated rings. The number of thiophene rings is 1. The maximum absolute atomic E-state index is 13.2. The molecule has 0 spiro atoms. The third-order valence-corrected chi connectivity index (χ3v) is 6.48. The molecular formula is C22H21NOS. The van der Waals surface area contributed by atoms with E-state index >= 15 is 0 Å². The van der Waals surface area contributed by atoms with Gasteiger partial charge in [-0.05, 0) is 49.4 Å². The van der Waals surface area contributed by atoms with Crippen molar-refractivity contribution >= 4 is 32.9 Å². The standard InChI is InChI=1S/C22H21NOS/c1-15-14-23(21(24)20(15)16-9-5-4-6-10-16)22(2,3)19-13-17-11-7-8-12-18(17)25-19/h4-13H,14H2,1-3H3. The van der Waals surface area contributed by atoms with Gasteiger partial charge in [0.2, 0.25) is 0 Å². The van der Waals surface area contributed by atoms with Crippen LogP contribution in [0.2, 0.25) is 0 Å². The fourth-order valence-corrected chi connectivity index (χ4v) is 4.72. The van der Waals surface area contributed by atoms with Crippen molar-refractivity contribution in [2.75, 3.05) is 6.54 Å². The van der Waals surface area contributed by atoms with Crippen molar-refractivity contribution in [2.24, 2.45) is 0 Å². The van der Waals surface area contributed by atoms with Crippen molar-refractivity contribution in [3.8, 4) is 0 Å². The highest BCUT2D eigenvalue weighted by atomic mass is 32.1. The summed E-state index contributed by atoms with van der Waals surface area (Å²) >= 11 is 1.78. The molecular weight excluding hydrogens is 326 g/mol. The maximum Gasteiger partial charge on any atom is 0.255 e. The van der Waals surface area contributed by atoms with Gasteiger partial charge in [0, 0.05) is 21.7 Å². The predicted molar refractivity (Wildman–Crippen MR) is 106 cm³/mol. The molecule has 2 aromatic carbocycles. The molecule has 126 valence electrons. The first-order valence-electron chi connectivity index (χ1n) is 8.54. The van der Waals surface area contributed by atoms with Gasteiger partial charge in [-0.2, -0.15) is 0 Å². The summed E-state index contributed by atoms with van der Waals surface area (Å²) < 4.78 is 1.27. The minimum atomic E-state index is -0.335. The number of amides is 1. The monoisotopic (exact) mass is 347 g/mol. The lowest BCUT2D eigenvalue weighted by molar-refractivity contribution is -0.128. The van der Waals surface area contributed by atoms with Gasteiger partial charge in [-0.1, -0.05) is 48.5 Å². The molecule has 0 N–H and O–H groups in total. The van der Waals surface area contributed by atoms with E-state index in [9.17, 15) is 4.79 Å². The number of rotatable bonds is 3. The van der Waals surface area contributed by atoms with E-state index in [2.05, 4.69) is 51.1 Å². The molecule has 0 atom stereocenters. The first-order valence-corrected chi connectivity index (χ1v) is 9.36. The predicted octanol–water partition coefficient (Wildman–Crippen LogP) is 5.45. The molecule has 0 saturated carbocycles. The smallest absolute Gasteiger partial charge is 0.255 e. The van der Waals surface area contributed by atoms with Gasteiger partial charge in [0.15, 0.2) is 0 Å². The summed E-state index contributed by atoms with van der Waals surface area (Å²) in [4.78, 5) is 16.5. The summed E-state index contributed by atoms with van der Waals surface area (Å²) in [5.41, 5.74) is 2.68. The molecule has 0 unspecified atom stereocenters. The molecule has 3 aromatic rings. The molecule has 3 heteroatoms. The Hall–Kier alpha value is -2.39. The first kappa shape index (κ1) is 16.1. The minimum absolute atomic E-state index is 0.131. The average Bonchev–Trinajstić information content (AvgIpc) is 3.17. The molecule has 0 bridgehead atoms.